The van der Waals surface area contributed by atoms with Crippen LogP contribution in [0, 0.1) is 13.8 Å². The van der Waals surface area contributed by atoms with E-state index in [-0.39, 0.29) is 0 Å². The lowest BCUT2D eigenvalue weighted by Gasteiger charge is -2.24. The van der Waals surface area contributed by atoms with Crippen LogP contribution in [0.5, 0.6) is 0 Å². The van der Waals surface area contributed by atoms with E-state index >= 15 is 0 Å². The highest BCUT2D eigenvalue weighted by Gasteiger charge is 2.26. The lowest BCUT2D eigenvalue weighted by atomic mass is 9.90. The number of hydrogen-bond donors (Lipinski definition) is 1. The molecule has 20 heavy (non-hydrogen) atoms. The SMILES string of the molecule is CCCn1ncnc1CC(C)(O)c1ccc(C)c(C)c1. The maximum Gasteiger partial charge on any atom is 0.138 e. The summed E-state index contributed by atoms with van der Waals surface area (Å²) in [5, 5.41) is 15.0. The van der Waals surface area contributed by atoms with E-state index in [9.17, 15) is 5.11 Å². The first kappa shape index (κ1) is 14.7. The largest absolute Gasteiger partial charge is 0.385 e. The minimum atomic E-state index is -0.934. The van der Waals surface area contributed by atoms with Gasteiger partial charge in [-0.1, -0.05) is 25.1 Å². The van der Waals surface area contributed by atoms with E-state index in [0.29, 0.717) is 6.42 Å². The monoisotopic (exact) mass is 273 g/mol. The minimum Gasteiger partial charge on any atom is -0.385 e. The molecule has 0 fully saturated rings. The lowest BCUT2D eigenvalue weighted by Crippen LogP contribution is -2.26. The van der Waals surface area contributed by atoms with Gasteiger partial charge in [0.15, 0.2) is 0 Å². The van der Waals surface area contributed by atoms with Crippen molar-refractivity contribution in [3.63, 3.8) is 0 Å². The van der Waals surface area contributed by atoms with Crippen molar-refractivity contribution in [3.05, 3.63) is 47.0 Å². The van der Waals surface area contributed by atoms with Crippen LogP contribution in [0.4, 0.5) is 0 Å². The summed E-state index contributed by atoms with van der Waals surface area (Å²) in [6.07, 6.45) is 3.03. The molecule has 1 atom stereocenters. The topological polar surface area (TPSA) is 50.9 Å². The highest BCUT2D eigenvalue weighted by atomic mass is 16.3. The molecular formula is C16H23N3O. The van der Waals surface area contributed by atoms with Crippen molar-refractivity contribution < 1.29 is 5.11 Å². The number of nitrogens with zero attached hydrogens (tertiary/aromatic N) is 3. The molecule has 1 N–H and O–H groups in total. The van der Waals surface area contributed by atoms with Gasteiger partial charge in [0.25, 0.3) is 0 Å². The predicted molar refractivity (Wildman–Crippen MR) is 79.5 cm³/mol. The van der Waals surface area contributed by atoms with Gasteiger partial charge in [0.2, 0.25) is 0 Å². The van der Waals surface area contributed by atoms with Gasteiger partial charge in [-0.05, 0) is 43.9 Å². The number of aromatic nitrogens is 3. The standard InChI is InChI=1S/C16H23N3O/c1-5-8-19-15(17-11-18-19)10-16(4,20)14-7-6-12(2)13(3)9-14/h6-7,9,11,20H,5,8,10H2,1-4H3. The Morgan fingerprint density at radius 1 is 1.25 bits per heavy atom. The molecule has 0 saturated carbocycles. The fourth-order valence-electron chi connectivity index (χ4n) is 2.31. The zero-order valence-corrected chi connectivity index (χ0v) is 12.7. The summed E-state index contributed by atoms with van der Waals surface area (Å²) in [4.78, 5) is 4.28. The molecule has 0 saturated heterocycles. The number of aliphatic hydroxyl groups is 1. The van der Waals surface area contributed by atoms with Crippen molar-refractivity contribution in [2.75, 3.05) is 0 Å². The van der Waals surface area contributed by atoms with Crippen LogP contribution in [0.2, 0.25) is 0 Å². The Kier molecular flexibility index (Phi) is 4.23. The second-order valence-corrected chi connectivity index (χ2v) is 5.65. The predicted octanol–water partition coefficient (Wildman–Crippen LogP) is 2.76. The molecule has 0 aliphatic carbocycles. The van der Waals surface area contributed by atoms with E-state index in [1.165, 1.54) is 11.1 Å². The molecule has 108 valence electrons. The van der Waals surface area contributed by atoms with Crippen LogP contribution in [0.15, 0.2) is 24.5 Å². The molecule has 0 bridgehead atoms. The third kappa shape index (κ3) is 3.07. The maximum absolute atomic E-state index is 10.8. The van der Waals surface area contributed by atoms with Crippen LogP contribution < -0.4 is 0 Å². The summed E-state index contributed by atoms with van der Waals surface area (Å²) in [6, 6.07) is 6.09. The maximum atomic E-state index is 10.8. The summed E-state index contributed by atoms with van der Waals surface area (Å²) in [5.74, 6) is 0.829. The molecule has 4 nitrogen and oxygen atoms in total. The van der Waals surface area contributed by atoms with Crippen molar-refractivity contribution >= 4 is 0 Å². The lowest BCUT2D eigenvalue weighted by molar-refractivity contribution is 0.0541. The van der Waals surface area contributed by atoms with Crippen molar-refractivity contribution in [1.29, 1.82) is 0 Å². The van der Waals surface area contributed by atoms with Gasteiger partial charge in [0.1, 0.15) is 12.2 Å². The average molecular weight is 273 g/mol. The second kappa shape index (κ2) is 5.75. The molecule has 4 heteroatoms. The van der Waals surface area contributed by atoms with E-state index in [2.05, 4.69) is 43.0 Å². The summed E-state index contributed by atoms with van der Waals surface area (Å²) < 4.78 is 1.87. The smallest absolute Gasteiger partial charge is 0.138 e. The summed E-state index contributed by atoms with van der Waals surface area (Å²) in [6.45, 7) is 8.91. The van der Waals surface area contributed by atoms with Crippen LogP contribution in [0.3, 0.4) is 0 Å². The Morgan fingerprint density at radius 3 is 2.65 bits per heavy atom. The van der Waals surface area contributed by atoms with Gasteiger partial charge < -0.3 is 5.11 Å². The number of benzene rings is 1. The van der Waals surface area contributed by atoms with E-state index in [1.54, 1.807) is 6.33 Å². The van der Waals surface area contributed by atoms with Crippen LogP contribution >= 0.6 is 0 Å². The van der Waals surface area contributed by atoms with Gasteiger partial charge in [-0.2, -0.15) is 5.10 Å². The van der Waals surface area contributed by atoms with Crippen LogP contribution in [0.25, 0.3) is 0 Å². The third-order valence-corrected chi connectivity index (χ3v) is 3.76. The van der Waals surface area contributed by atoms with Crippen LogP contribution in [-0.4, -0.2) is 19.9 Å². The Bertz CT molecular complexity index is 587. The van der Waals surface area contributed by atoms with Gasteiger partial charge >= 0.3 is 0 Å². The molecule has 0 radical (unpaired) electrons. The highest BCUT2D eigenvalue weighted by Crippen LogP contribution is 2.26. The molecule has 0 spiro atoms. The molecule has 2 rings (SSSR count). The minimum absolute atomic E-state index is 0.468. The second-order valence-electron chi connectivity index (χ2n) is 5.65. The zero-order valence-electron chi connectivity index (χ0n) is 12.7. The average Bonchev–Trinajstić information content (AvgIpc) is 2.80. The Morgan fingerprint density at radius 2 is 2.00 bits per heavy atom. The van der Waals surface area contributed by atoms with Crippen LogP contribution in [0.1, 0.15) is 42.8 Å². The van der Waals surface area contributed by atoms with Gasteiger partial charge in [-0.3, -0.25) is 0 Å². The van der Waals surface area contributed by atoms with Gasteiger partial charge in [0.05, 0.1) is 5.60 Å². The number of rotatable bonds is 5. The van der Waals surface area contributed by atoms with E-state index in [4.69, 9.17) is 0 Å². The van der Waals surface area contributed by atoms with Crippen molar-refractivity contribution in [1.82, 2.24) is 14.8 Å². The first-order valence-electron chi connectivity index (χ1n) is 7.11. The Balaban J connectivity index is 2.25. The molecule has 1 unspecified atom stereocenters. The molecule has 1 aromatic carbocycles. The first-order valence-corrected chi connectivity index (χ1v) is 7.11. The quantitative estimate of drug-likeness (QED) is 0.911. The normalized spacial score (nSPS) is 14.2. The molecule has 0 aliphatic rings. The molecule has 0 amide bonds. The highest BCUT2D eigenvalue weighted by molar-refractivity contribution is 5.33. The molecule has 1 heterocycles. The Hall–Kier alpha value is -1.68. The summed E-state index contributed by atoms with van der Waals surface area (Å²) in [5.41, 5.74) is 2.42. The fraction of sp³-hybridized carbons (Fsp3) is 0.500. The van der Waals surface area contributed by atoms with Crippen molar-refractivity contribution in [2.45, 2.75) is 52.7 Å². The summed E-state index contributed by atoms with van der Waals surface area (Å²) >= 11 is 0. The third-order valence-electron chi connectivity index (χ3n) is 3.76. The van der Waals surface area contributed by atoms with Crippen molar-refractivity contribution in [3.8, 4) is 0 Å². The van der Waals surface area contributed by atoms with Gasteiger partial charge in [-0.25, -0.2) is 9.67 Å². The van der Waals surface area contributed by atoms with Gasteiger partial charge in [0, 0.05) is 13.0 Å². The summed E-state index contributed by atoms with van der Waals surface area (Å²) in [7, 11) is 0. The van der Waals surface area contributed by atoms with E-state index < -0.39 is 5.60 Å². The number of hydrogen-bond acceptors (Lipinski definition) is 3. The van der Waals surface area contributed by atoms with Gasteiger partial charge in [-0.15, -0.1) is 0 Å². The first-order chi connectivity index (χ1) is 9.44. The number of aryl methyl sites for hydroxylation is 3. The molecule has 1 aromatic heterocycles. The Labute approximate surface area is 120 Å². The molecule has 0 aliphatic heterocycles. The van der Waals surface area contributed by atoms with E-state index in [0.717, 1.165) is 24.4 Å². The zero-order chi connectivity index (χ0) is 14.8. The van der Waals surface area contributed by atoms with Crippen molar-refractivity contribution in [2.24, 2.45) is 0 Å². The van der Waals surface area contributed by atoms with E-state index in [1.807, 2.05) is 17.7 Å². The van der Waals surface area contributed by atoms with Crippen LogP contribution in [-0.2, 0) is 18.6 Å². The molecule has 2 aromatic rings. The fourth-order valence-corrected chi connectivity index (χ4v) is 2.31. The molecular weight excluding hydrogens is 250 g/mol.